The lowest BCUT2D eigenvalue weighted by molar-refractivity contribution is 0.290. The standard InChI is InChI=1S/C31H42N4O/c1-3-24-35(30(34-26-32)36-29-18-8-5-9-19-29)25-21-31(2,28-16-6-4-7-17-28)20-23-33-22-11-10-13-27-14-12-15-27/h4-9,16-19,22,27H,3,10-15,20-21,23-25H2,1-2H3. The molecule has 0 N–H and O–H groups in total. The van der Waals surface area contributed by atoms with Gasteiger partial charge in [-0.15, -0.1) is 4.99 Å². The Morgan fingerprint density at radius 1 is 1.08 bits per heavy atom. The number of hydrogen-bond acceptors (Lipinski definition) is 4. The van der Waals surface area contributed by atoms with Gasteiger partial charge in [-0.25, -0.2) is 0 Å². The molecule has 0 aromatic heterocycles. The van der Waals surface area contributed by atoms with Gasteiger partial charge in [0.25, 0.3) is 0 Å². The van der Waals surface area contributed by atoms with Crippen LogP contribution in [0.5, 0.6) is 5.75 Å². The first kappa shape index (κ1) is 27.5. The van der Waals surface area contributed by atoms with Gasteiger partial charge < -0.3 is 9.64 Å². The predicted octanol–water partition coefficient (Wildman–Crippen LogP) is 7.39. The van der Waals surface area contributed by atoms with Crippen molar-refractivity contribution in [2.45, 2.75) is 77.0 Å². The molecule has 2 aromatic carbocycles. The van der Waals surface area contributed by atoms with Crippen LogP contribution >= 0.6 is 0 Å². The van der Waals surface area contributed by atoms with Gasteiger partial charge >= 0.3 is 6.02 Å². The van der Waals surface area contributed by atoms with Gasteiger partial charge in [0.05, 0.1) is 0 Å². The van der Waals surface area contributed by atoms with Crippen molar-refractivity contribution in [3.63, 3.8) is 0 Å². The number of rotatable bonds is 14. The van der Waals surface area contributed by atoms with E-state index in [1.165, 1.54) is 37.7 Å². The van der Waals surface area contributed by atoms with Crippen LogP contribution in [0.1, 0.15) is 77.2 Å². The second kappa shape index (κ2) is 15.1. The van der Waals surface area contributed by atoms with Crippen molar-refractivity contribution in [3.05, 3.63) is 66.2 Å². The fraction of sp³-hybridized carbons (Fsp3) is 0.516. The summed E-state index contributed by atoms with van der Waals surface area (Å²) in [4.78, 5) is 10.9. The maximum atomic E-state index is 9.33. The minimum absolute atomic E-state index is 0.0407. The molecule has 1 aliphatic carbocycles. The Bertz CT molecular complexity index is 979. The molecule has 0 aliphatic heterocycles. The Balaban J connectivity index is 1.63. The Labute approximate surface area is 217 Å². The maximum Gasteiger partial charge on any atom is 0.308 e. The number of para-hydroxylation sites is 1. The molecule has 3 rings (SSSR count). The van der Waals surface area contributed by atoms with E-state index in [2.05, 4.69) is 60.3 Å². The molecule has 0 bridgehead atoms. The van der Waals surface area contributed by atoms with Crippen LogP contribution in [0.2, 0.25) is 0 Å². The minimum Gasteiger partial charge on any atom is -0.425 e. The second-order valence-corrected chi connectivity index (χ2v) is 10.1. The zero-order valence-corrected chi connectivity index (χ0v) is 22.1. The van der Waals surface area contributed by atoms with Crippen LogP contribution in [0, 0.1) is 17.4 Å². The van der Waals surface area contributed by atoms with Crippen molar-refractivity contribution in [3.8, 4) is 11.9 Å². The van der Waals surface area contributed by atoms with E-state index in [9.17, 15) is 5.26 Å². The van der Waals surface area contributed by atoms with Crippen molar-refractivity contribution < 1.29 is 4.74 Å². The van der Waals surface area contributed by atoms with Gasteiger partial charge in [-0.3, -0.25) is 4.99 Å². The Kier molecular flexibility index (Phi) is 11.5. The molecule has 0 spiro atoms. The van der Waals surface area contributed by atoms with Crippen LogP contribution in [-0.2, 0) is 5.41 Å². The summed E-state index contributed by atoms with van der Waals surface area (Å²) in [5, 5.41) is 9.33. The van der Waals surface area contributed by atoms with Crippen LogP contribution < -0.4 is 4.74 Å². The van der Waals surface area contributed by atoms with E-state index in [-0.39, 0.29) is 5.41 Å². The van der Waals surface area contributed by atoms with E-state index < -0.39 is 0 Å². The lowest BCUT2D eigenvalue weighted by Gasteiger charge is -2.33. The smallest absolute Gasteiger partial charge is 0.308 e. The largest absolute Gasteiger partial charge is 0.425 e. The molecular weight excluding hydrogens is 444 g/mol. The molecule has 5 nitrogen and oxygen atoms in total. The number of benzene rings is 2. The first-order chi connectivity index (χ1) is 17.6. The molecular formula is C31H42N4O. The SMILES string of the molecule is CCCN(CCC(C)(CCN=CCCCC1CCC1)c1ccccc1)C(=NC#N)Oc1ccccc1. The van der Waals surface area contributed by atoms with Crippen LogP contribution in [0.4, 0.5) is 0 Å². The van der Waals surface area contributed by atoms with Gasteiger partial charge in [0, 0.05) is 19.6 Å². The normalized spacial score (nSPS) is 15.8. The van der Waals surface area contributed by atoms with E-state index >= 15 is 0 Å². The Morgan fingerprint density at radius 2 is 1.81 bits per heavy atom. The molecule has 5 heteroatoms. The molecule has 0 heterocycles. The number of hydrogen-bond donors (Lipinski definition) is 0. The first-order valence-electron chi connectivity index (χ1n) is 13.6. The summed E-state index contributed by atoms with van der Waals surface area (Å²) in [6.07, 6.45) is 14.9. The quantitative estimate of drug-likeness (QED) is 0.121. The van der Waals surface area contributed by atoms with Gasteiger partial charge in [-0.1, -0.05) is 88.1 Å². The first-order valence-corrected chi connectivity index (χ1v) is 13.6. The molecule has 36 heavy (non-hydrogen) atoms. The third kappa shape index (κ3) is 8.82. The van der Waals surface area contributed by atoms with E-state index in [0.717, 1.165) is 51.2 Å². The lowest BCUT2D eigenvalue weighted by Crippen LogP contribution is -2.39. The van der Waals surface area contributed by atoms with Crippen molar-refractivity contribution in [2.75, 3.05) is 19.6 Å². The van der Waals surface area contributed by atoms with Crippen LogP contribution in [0.25, 0.3) is 0 Å². The maximum absolute atomic E-state index is 9.33. The third-order valence-electron chi connectivity index (χ3n) is 7.36. The fourth-order valence-corrected chi connectivity index (χ4v) is 4.78. The van der Waals surface area contributed by atoms with E-state index in [4.69, 9.17) is 9.73 Å². The van der Waals surface area contributed by atoms with Gasteiger partial charge in [0.2, 0.25) is 6.19 Å². The average Bonchev–Trinajstić information content (AvgIpc) is 2.88. The van der Waals surface area contributed by atoms with Crippen LogP contribution in [-0.4, -0.2) is 36.8 Å². The molecule has 1 aliphatic rings. The number of amidine groups is 1. The molecule has 2 aromatic rings. The predicted molar refractivity (Wildman–Crippen MR) is 150 cm³/mol. The highest BCUT2D eigenvalue weighted by atomic mass is 16.5. The number of aliphatic imine (C=N–C) groups is 2. The molecule has 1 atom stereocenters. The van der Waals surface area contributed by atoms with E-state index in [1.807, 2.05) is 36.5 Å². The van der Waals surface area contributed by atoms with Crippen molar-refractivity contribution in [1.29, 1.82) is 5.26 Å². The van der Waals surface area contributed by atoms with Gasteiger partial charge in [-0.05, 0) is 67.3 Å². The van der Waals surface area contributed by atoms with Gasteiger partial charge in [0.1, 0.15) is 5.75 Å². The summed E-state index contributed by atoms with van der Waals surface area (Å²) >= 11 is 0. The molecule has 0 radical (unpaired) electrons. The number of ether oxygens (including phenoxy) is 1. The highest BCUT2D eigenvalue weighted by Crippen LogP contribution is 2.32. The highest BCUT2D eigenvalue weighted by Gasteiger charge is 2.28. The van der Waals surface area contributed by atoms with Gasteiger partial charge in [-0.2, -0.15) is 5.26 Å². The Hall–Kier alpha value is -3.13. The van der Waals surface area contributed by atoms with E-state index in [0.29, 0.717) is 11.8 Å². The zero-order valence-electron chi connectivity index (χ0n) is 22.1. The van der Waals surface area contributed by atoms with Crippen molar-refractivity contribution in [1.82, 2.24) is 4.90 Å². The van der Waals surface area contributed by atoms with Crippen molar-refractivity contribution in [2.24, 2.45) is 15.9 Å². The van der Waals surface area contributed by atoms with Gasteiger partial charge in [0.15, 0.2) is 0 Å². The number of unbranched alkanes of at least 4 members (excludes halogenated alkanes) is 1. The minimum atomic E-state index is -0.0407. The molecule has 192 valence electrons. The lowest BCUT2D eigenvalue weighted by atomic mass is 9.76. The molecule has 0 saturated heterocycles. The summed E-state index contributed by atoms with van der Waals surface area (Å²) in [7, 11) is 0. The summed E-state index contributed by atoms with van der Waals surface area (Å²) < 4.78 is 6.04. The summed E-state index contributed by atoms with van der Waals surface area (Å²) in [5.41, 5.74) is 1.28. The fourth-order valence-electron chi connectivity index (χ4n) is 4.78. The summed E-state index contributed by atoms with van der Waals surface area (Å²) in [6.45, 7) is 6.81. The monoisotopic (exact) mass is 486 g/mol. The van der Waals surface area contributed by atoms with Crippen LogP contribution in [0.15, 0.2) is 70.6 Å². The highest BCUT2D eigenvalue weighted by molar-refractivity contribution is 5.77. The van der Waals surface area contributed by atoms with Crippen LogP contribution in [0.3, 0.4) is 0 Å². The van der Waals surface area contributed by atoms with E-state index in [1.54, 1.807) is 0 Å². The number of nitriles is 1. The molecule has 1 fully saturated rings. The molecule has 1 unspecified atom stereocenters. The second-order valence-electron chi connectivity index (χ2n) is 10.1. The summed E-state index contributed by atoms with van der Waals surface area (Å²) in [6, 6.07) is 20.7. The average molecular weight is 487 g/mol. The zero-order chi connectivity index (χ0) is 25.5. The third-order valence-corrected chi connectivity index (χ3v) is 7.36. The number of nitrogens with zero attached hydrogens (tertiary/aromatic N) is 4. The van der Waals surface area contributed by atoms with Crippen molar-refractivity contribution >= 4 is 12.2 Å². The Morgan fingerprint density at radius 3 is 2.44 bits per heavy atom. The molecule has 1 saturated carbocycles. The summed E-state index contributed by atoms with van der Waals surface area (Å²) in [5.74, 6) is 1.66. The molecule has 0 amide bonds. The topological polar surface area (TPSA) is 61.0 Å².